The first-order valence-corrected chi connectivity index (χ1v) is 13.8. The molecule has 0 aromatic rings. The van der Waals surface area contributed by atoms with Gasteiger partial charge in [0.15, 0.2) is 0 Å². The number of hydrogen-bond acceptors (Lipinski definition) is 3. The van der Waals surface area contributed by atoms with Crippen molar-refractivity contribution in [3.8, 4) is 0 Å². The van der Waals surface area contributed by atoms with Gasteiger partial charge in [0, 0.05) is 18.9 Å². The summed E-state index contributed by atoms with van der Waals surface area (Å²) < 4.78 is 12.1. The van der Waals surface area contributed by atoms with E-state index in [1.807, 2.05) is 7.11 Å². The molecule has 0 aliphatic heterocycles. The zero-order valence-electron chi connectivity index (χ0n) is 20.4. The van der Waals surface area contributed by atoms with Crippen LogP contribution in [0.2, 0.25) is 0 Å². The first-order valence-electron chi connectivity index (χ1n) is 13.8. The van der Waals surface area contributed by atoms with Crippen molar-refractivity contribution >= 4 is 5.78 Å². The number of carbonyl (C=O) groups is 1. The van der Waals surface area contributed by atoms with Gasteiger partial charge < -0.3 is 9.47 Å². The minimum Gasteiger partial charge on any atom is -0.381 e. The lowest BCUT2D eigenvalue weighted by Crippen LogP contribution is -2.34. The van der Waals surface area contributed by atoms with E-state index in [9.17, 15) is 4.79 Å². The minimum atomic E-state index is 0.335. The highest BCUT2D eigenvalue weighted by Crippen LogP contribution is 2.39. The van der Waals surface area contributed by atoms with Crippen molar-refractivity contribution in [2.24, 2.45) is 29.6 Å². The second kappa shape index (κ2) is 11.6. The molecule has 4 fully saturated rings. The molecule has 0 N–H and O–H groups in total. The number of methoxy groups -OCH3 is 1. The van der Waals surface area contributed by atoms with E-state index in [2.05, 4.69) is 6.92 Å². The molecule has 0 spiro atoms. The predicted molar refractivity (Wildman–Crippen MR) is 126 cm³/mol. The van der Waals surface area contributed by atoms with Crippen LogP contribution in [-0.2, 0) is 14.3 Å². The molecule has 4 aliphatic carbocycles. The maximum absolute atomic E-state index is 12.9. The Balaban J connectivity index is 1.10. The largest absolute Gasteiger partial charge is 0.381 e. The van der Waals surface area contributed by atoms with Crippen LogP contribution >= 0.6 is 0 Å². The predicted octanol–water partition coefficient (Wildman–Crippen LogP) is 7.11. The molecule has 0 atom stereocenters. The fourth-order valence-corrected chi connectivity index (χ4v) is 7.21. The molecule has 0 aromatic carbocycles. The molecule has 0 aromatic heterocycles. The third-order valence-corrected chi connectivity index (χ3v) is 9.47. The lowest BCUT2D eigenvalue weighted by molar-refractivity contribution is -0.130. The highest BCUT2D eigenvalue weighted by molar-refractivity contribution is 5.83. The van der Waals surface area contributed by atoms with Crippen molar-refractivity contribution in [1.29, 1.82) is 0 Å². The Morgan fingerprint density at radius 2 is 1.03 bits per heavy atom. The lowest BCUT2D eigenvalue weighted by atomic mass is 9.74. The van der Waals surface area contributed by atoms with Crippen molar-refractivity contribution in [3.63, 3.8) is 0 Å². The van der Waals surface area contributed by atoms with E-state index in [1.165, 1.54) is 70.6 Å². The standard InChI is InChI=1S/C28H48O3/c1-20-3-9-23(10-4-20)28(29)24-11-17-27(18-12-24)31-26-15-7-22(8-16-26)19-21-5-13-25(30-2)14-6-21/h20-27H,3-19H2,1-2H3. The van der Waals surface area contributed by atoms with Crippen LogP contribution in [0.3, 0.4) is 0 Å². The average molecular weight is 433 g/mol. The van der Waals surface area contributed by atoms with Crippen LogP contribution in [0.4, 0.5) is 0 Å². The number of hydrogen-bond donors (Lipinski definition) is 0. The summed E-state index contributed by atoms with van der Waals surface area (Å²) in [5.41, 5.74) is 0. The van der Waals surface area contributed by atoms with E-state index in [0.717, 1.165) is 56.3 Å². The van der Waals surface area contributed by atoms with Crippen LogP contribution in [0.25, 0.3) is 0 Å². The Bertz CT molecular complexity index is 528. The number of ether oxygens (including phenoxy) is 2. The number of rotatable bonds is 7. The molecule has 0 radical (unpaired) electrons. The lowest BCUT2D eigenvalue weighted by Gasteiger charge is -2.37. The van der Waals surface area contributed by atoms with Crippen LogP contribution in [0.1, 0.15) is 116 Å². The van der Waals surface area contributed by atoms with E-state index >= 15 is 0 Å². The van der Waals surface area contributed by atoms with Gasteiger partial charge in [-0.15, -0.1) is 0 Å². The Hall–Kier alpha value is -0.410. The van der Waals surface area contributed by atoms with Gasteiger partial charge >= 0.3 is 0 Å². The van der Waals surface area contributed by atoms with Crippen molar-refractivity contribution in [1.82, 2.24) is 0 Å². The smallest absolute Gasteiger partial charge is 0.139 e. The number of Topliss-reactive ketones (excluding diaryl/α,β-unsaturated/α-hetero) is 1. The second-order valence-corrected chi connectivity index (χ2v) is 11.7. The van der Waals surface area contributed by atoms with Gasteiger partial charge in [0.1, 0.15) is 5.78 Å². The summed E-state index contributed by atoms with van der Waals surface area (Å²) >= 11 is 0. The molecule has 0 amide bonds. The first-order chi connectivity index (χ1) is 15.1. The Morgan fingerprint density at radius 3 is 1.52 bits per heavy atom. The van der Waals surface area contributed by atoms with Crippen molar-refractivity contribution < 1.29 is 14.3 Å². The Kier molecular flexibility index (Phi) is 8.91. The molecule has 0 heterocycles. The second-order valence-electron chi connectivity index (χ2n) is 11.7. The summed E-state index contributed by atoms with van der Waals surface area (Å²) in [6.07, 6.45) is 22.6. The van der Waals surface area contributed by atoms with E-state index in [1.54, 1.807) is 0 Å². The summed E-state index contributed by atoms with van der Waals surface area (Å²) in [6, 6.07) is 0. The van der Waals surface area contributed by atoms with Gasteiger partial charge in [-0.3, -0.25) is 4.79 Å². The first kappa shape index (κ1) is 23.7. The quantitative estimate of drug-likeness (QED) is 0.430. The molecule has 31 heavy (non-hydrogen) atoms. The molecular weight excluding hydrogens is 384 g/mol. The van der Waals surface area contributed by atoms with Crippen molar-refractivity contribution in [2.75, 3.05) is 7.11 Å². The molecule has 0 unspecified atom stereocenters. The highest BCUT2D eigenvalue weighted by Gasteiger charge is 2.34. The zero-order chi connectivity index (χ0) is 21.6. The van der Waals surface area contributed by atoms with E-state index in [0.29, 0.717) is 35.9 Å². The molecule has 178 valence electrons. The van der Waals surface area contributed by atoms with Crippen LogP contribution in [0, 0.1) is 29.6 Å². The molecule has 4 saturated carbocycles. The molecule has 3 heteroatoms. The van der Waals surface area contributed by atoms with E-state index in [4.69, 9.17) is 9.47 Å². The monoisotopic (exact) mass is 432 g/mol. The normalized spacial score (nSPS) is 42.3. The summed E-state index contributed by atoms with van der Waals surface area (Å²) in [4.78, 5) is 12.9. The number of ketones is 1. The van der Waals surface area contributed by atoms with Crippen LogP contribution in [0.15, 0.2) is 0 Å². The topological polar surface area (TPSA) is 35.5 Å². The third kappa shape index (κ3) is 6.79. The van der Waals surface area contributed by atoms with Crippen LogP contribution < -0.4 is 0 Å². The highest BCUT2D eigenvalue weighted by atomic mass is 16.5. The molecule has 3 nitrogen and oxygen atoms in total. The molecule has 0 bridgehead atoms. The van der Waals surface area contributed by atoms with Crippen molar-refractivity contribution in [2.45, 2.75) is 134 Å². The summed E-state index contributed by atoms with van der Waals surface area (Å²) in [7, 11) is 1.87. The minimum absolute atomic E-state index is 0.335. The van der Waals surface area contributed by atoms with Gasteiger partial charge in [-0.2, -0.15) is 0 Å². The number of carbonyl (C=O) groups excluding carboxylic acids is 1. The van der Waals surface area contributed by atoms with E-state index < -0.39 is 0 Å². The fraction of sp³-hybridized carbons (Fsp3) is 0.964. The maximum atomic E-state index is 12.9. The van der Waals surface area contributed by atoms with Gasteiger partial charge in [-0.25, -0.2) is 0 Å². The van der Waals surface area contributed by atoms with Crippen molar-refractivity contribution in [3.05, 3.63) is 0 Å². The SMILES string of the molecule is COC1CCC(CC2CCC(OC3CCC(C(=O)C4CCC(C)CC4)CC3)CC2)CC1. The van der Waals surface area contributed by atoms with Gasteiger partial charge in [0.05, 0.1) is 18.3 Å². The maximum Gasteiger partial charge on any atom is 0.139 e. The molecular formula is C28H48O3. The summed E-state index contributed by atoms with van der Waals surface area (Å²) in [5, 5.41) is 0. The van der Waals surface area contributed by atoms with E-state index in [-0.39, 0.29) is 0 Å². The van der Waals surface area contributed by atoms with Gasteiger partial charge in [0.25, 0.3) is 0 Å². The fourth-order valence-electron chi connectivity index (χ4n) is 7.21. The molecule has 4 rings (SSSR count). The Morgan fingerprint density at radius 1 is 0.613 bits per heavy atom. The molecule has 0 saturated heterocycles. The van der Waals surface area contributed by atoms with Gasteiger partial charge in [-0.05, 0) is 114 Å². The Labute approximate surface area is 191 Å². The van der Waals surface area contributed by atoms with Gasteiger partial charge in [0.2, 0.25) is 0 Å². The van der Waals surface area contributed by atoms with Crippen LogP contribution in [-0.4, -0.2) is 31.2 Å². The van der Waals surface area contributed by atoms with Gasteiger partial charge in [-0.1, -0.05) is 19.8 Å². The van der Waals surface area contributed by atoms with Crippen LogP contribution in [0.5, 0.6) is 0 Å². The summed E-state index contributed by atoms with van der Waals surface area (Å²) in [5.74, 6) is 4.00. The summed E-state index contributed by atoms with van der Waals surface area (Å²) in [6.45, 7) is 2.34. The zero-order valence-corrected chi connectivity index (χ0v) is 20.4. The molecule has 4 aliphatic rings. The average Bonchev–Trinajstić information content (AvgIpc) is 2.81. The third-order valence-electron chi connectivity index (χ3n) is 9.47.